The maximum atomic E-state index is 12.6. The molecule has 1 N–H and O–H groups in total. The molecule has 1 unspecified atom stereocenters. The van der Waals surface area contributed by atoms with Crippen LogP contribution in [0.1, 0.15) is 18.6 Å². The van der Waals surface area contributed by atoms with Crippen LogP contribution in [0.5, 0.6) is 11.8 Å². The molecule has 3 heterocycles. The number of hydrogen-bond acceptors (Lipinski definition) is 8. The number of pyridine rings is 1. The smallest absolute Gasteiger partial charge is 0.322 e. The molecular weight excluding hydrogens is 354 g/mol. The monoisotopic (exact) mass is 377 g/mol. The zero-order chi connectivity index (χ0) is 19.2. The van der Waals surface area contributed by atoms with Gasteiger partial charge in [0, 0.05) is 32.0 Å². The number of carbonyl (C=O) groups is 1. The molecule has 0 saturated carbocycles. The molecule has 1 aliphatic heterocycles. The van der Waals surface area contributed by atoms with Crippen molar-refractivity contribution in [3.63, 3.8) is 0 Å². The van der Waals surface area contributed by atoms with Crippen LogP contribution in [0.2, 0.25) is 0 Å². The highest BCUT2D eigenvalue weighted by atomic mass is 16.5. The van der Waals surface area contributed by atoms with Gasteiger partial charge in [0.25, 0.3) is 0 Å². The van der Waals surface area contributed by atoms with Gasteiger partial charge in [-0.15, -0.1) is 0 Å². The highest BCUT2D eigenvalue weighted by Gasteiger charge is 2.26. The number of rotatable bonds is 6. The van der Waals surface area contributed by atoms with Crippen LogP contribution in [0.15, 0.2) is 16.7 Å². The predicted molar refractivity (Wildman–Crippen MR) is 95.1 cm³/mol. The van der Waals surface area contributed by atoms with E-state index in [1.807, 2.05) is 6.92 Å². The Kier molecular flexibility index (Phi) is 6.07. The van der Waals surface area contributed by atoms with Crippen molar-refractivity contribution in [3.05, 3.63) is 23.8 Å². The lowest BCUT2D eigenvalue weighted by Crippen LogP contribution is -2.48. The minimum Gasteiger partial charge on any atom is -0.481 e. The molecule has 10 nitrogen and oxygen atoms in total. The summed E-state index contributed by atoms with van der Waals surface area (Å²) in [4.78, 5) is 22.8. The molecule has 1 saturated heterocycles. The minimum absolute atomic E-state index is 0.192. The molecule has 3 rings (SSSR count). The van der Waals surface area contributed by atoms with Crippen LogP contribution in [0, 0.1) is 0 Å². The Labute approximate surface area is 156 Å². The molecule has 1 atom stereocenters. The normalized spacial score (nSPS) is 16.9. The Hall–Kier alpha value is -2.88. The molecule has 0 radical (unpaired) electrons. The summed E-state index contributed by atoms with van der Waals surface area (Å²) < 4.78 is 21.1. The first-order valence-electron chi connectivity index (χ1n) is 8.71. The highest BCUT2D eigenvalue weighted by Crippen LogP contribution is 2.25. The third kappa shape index (κ3) is 4.64. The largest absolute Gasteiger partial charge is 0.481 e. The third-order valence-corrected chi connectivity index (χ3v) is 4.13. The third-order valence-electron chi connectivity index (χ3n) is 4.13. The number of anilines is 1. The van der Waals surface area contributed by atoms with Crippen LogP contribution >= 0.6 is 0 Å². The van der Waals surface area contributed by atoms with Crippen LogP contribution in [-0.4, -0.2) is 66.1 Å². The van der Waals surface area contributed by atoms with E-state index in [4.69, 9.17) is 18.7 Å². The summed E-state index contributed by atoms with van der Waals surface area (Å²) in [6.07, 6.45) is 0.980. The van der Waals surface area contributed by atoms with Gasteiger partial charge in [-0.1, -0.05) is 12.1 Å². The fourth-order valence-electron chi connectivity index (χ4n) is 2.73. The van der Waals surface area contributed by atoms with Gasteiger partial charge in [0.05, 0.1) is 26.9 Å². The fourth-order valence-corrected chi connectivity index (χ4v) is 2.73. The van der Waals surface area contributed by atoms with Crippen LogP contribution in [-0.2, 0) is 17.6 Å². The second-order valence-corrected chi connectivity index (χ2v) is 5.94. The number of ether oxygens (including phenoxy) is 3. The lowest BCUT2D eigenvalue weighted by molar-refractivity contribution is -0.0125. The van der Waals surface area contributed by atoms with Crippen molar-refractivity contribution >= 4 is 11.7 Å². The number of hydrogen-bond donors (Lipinski definition) is 1. The van der Waals surface area contributed by atoms with E-state index in [9.17, 15) is 4.79 Å². The van der Waals surface area contributed by atoms with Gasteiger partial charge >= 0.3 is 6.03 Å². The Morgan fingerprint density at radius 1 is 1.33 bits per heavy atom. The van der Waals surface area contributed by atoms with E-state index in [-0.39, 0.29) is 18.0 Å². The second kappa shape index (κ2) is 8.67. The number of aromatic nitrogens is 3. The Bertz CT molecular complexity index is 781. The SMILES string of the molecule is CCc1nc(CC2CN(C(=O)Nc3ccc(OC)nc3OC)CCO2)no1. The lowest BCUT2D eigenvalue weighted by Gasteiger charge is -2.32. The summed E-state index contributed by atoms with van der Waals surface area (Å²) in [5.41, 5.74) is 0.470. The number of amides is 2. The van der Waals surface area contributed by atoms with Crippen molar-refractivity contribution in [2.45, 2.75) is 25.9 Å². The number of nitrogens with zero attached hydrogens (tertiary/aromatic N) is 4. The Morgan fingerprint density at radius 2 is 2.19 bits per heavy atom. The molecule has 146 valence electrons. The van der Waals surface area contributed by atoms with Gasteiger partial charge in [0.2, 0.25) is 17.7 Å². The van der Waals surface area contributed by atoms with Crippen LogP contribution < -0.4 is 14.8 Å². The maximum absolute atomic E-state index is 12.6. The first kappa shape index (κ1) is 18.9. The molecule has 10 heteroatoms. The summed E-state index contributed by atoms with van der Waals surface area (Å²) in [6.45, 7) is 3.30. The number of nitrogens with one attached hydrogen (secondary N) is 1. The molecule has 0 aromatic carbocycles. The zero-order valence-corrected chi connectivity index (χ0v) is 15.6. The van der Waals surface area contributed by atoms with Gasteiger partial charge in [-0.2, -0.15) is 9.97 Å². The average Bonchev–Trinajstić information content (AvgIpc) is 3.16. The summed E-state index contributed by atoms with van der Waals surface area (Å²) in [5.74, 6) is 1.86. The molecule has 27 heavy (non-hydrogen) atoms. The van der Waals surface area contributed by atoms with Crippen LogP contribution in [0.3, 0.4) is 0 Å². The zero-order valence-electron chi connectivity index (χ0n) is 15.6. The van der Waals surface area contributed by atoms with E-state index < -0.39 is 0 Å². The van der Waals surface area contributed by atoms with E-state index in [1.165, 1.54) is 14.2 Å². The summed E-state index contributed by atoms with van der Waals surface area (Å²) >= 11 is 0. The standard InChI is InChI=1S/C17H23N5O5/c1-4-14-19-13(21-27-14)9-11-10-22(7-8-26-11)17(23)18-12-5-6-15(24-2)20-16(12)25-3/h5-6,11H,4,7-10H2,1-3H3,(H,18,23). The highest BCUT2D eigenvalue weighted by molar-refractivity contribution is 5.90. The molecule has 2 aromatic rings. The quantitative estimate of drug-likeness (QED) is 0.806. The topological polar surface area (TPSA) is 112 Å². The molecular formula is C17H23N5O5. The Balaban J connectivity index is 1.61. The summed E-state index contributed by atoms with van der Waals surface area (Å²) in [6, 6.07) is 3.09. The molecule has 2 aromatic heterocycles. The van der Waals surface area contributed by atoms with Crippen molar-refractivity contribution in [1.29, 1.82) is 0 Å². The van der Waals surface area contributed by atoms with E-state index in [0.29, 0.717) is 55.8 Å². The first-order chi connectivity index (χ1) is 13.1. The van der Waals surface area contributed by atoms with Gasteiger partial charge in [0.1, 0.15) is 5.69 Å². The molecule has 1 fully saturated rings. The van der Waals surface area contributed by atoms with Crippen LogP contribution in [0.25, 0.3) is 0 Å². The van der Waals surface area contributed by atoms with Crippen molar-refractivity contribution in [3.8, 4) is 11.8 Å². The summed E-state index contributed by atoms with van der Waals surface area (Å²) in [7, 11) is 3.00. The summed E-state index contributed by atoms with van der Waals surface area (Å²) in [5, 5.41) is 6.75. The first-order valence-corrected chi connectivity index (χ1v) is 8.71. The van der Waals surface area contributed by atoms with Crippen molar-refractivity contribution in [2.75, 3.05) is 39.2 Å². The fraction of sp³-hybridized carbons (Fsp3) is 0.529. The van der Waals surface area contributed by atoms with Gasteiger partial charge in [-0.25, -0.2) is 4.79 Å². The minimum atomic E-state index is -0.254. The second-order valence-electron chi connectivity index (χ2n) is 5.94. The number of morpholine rings is 1. The number of urea groups is 1. The van der Waals surface area contributed by atoms with E-state index >= 15 is 0 Å². The molecule has 0 bridgehead atoms. The molecule has 0 aliphatic carbocycles. The van der Waals surface area contributed by atoms with Crippen LogP contribution in [0.4, 0.5) is 10.5 Å². The lowest BCUT2D eigenvalue weighted by atomic mass is 10.2. The van der Waals surface area contributed by atoms with Gasteiger partial charge in [0.15, 0.2) is 5.82 Å². The van der Waals surface area contributed by atoms with Gasteiger partial charge in [-0.05, 0) is 6.07 Å². The van der Waals surface area contributed by atoms with Crippen molar-refractivity contribution < 1.29 is 23.5 Å². The van der Waals surface area contributed by atoms with Crippen molar-refractivity contribution in [1.82, 2.24) is 20.0 Å². The van der Waals surface area contributed by atoms with Gasteiger partial charge < -0.3 is 29.0 Å². The average molecular weight is 377 g/mol. The number of carbonyl (C=O) groups excluding carboxylic acids is 1. The van der Waals surface area contributed by atoms with Crippen molar-refractivity contribution in [2.24, 2.45) is 0 Å². The molecule has 1 aliphatic rings. The predicted octanol–water partition coefficient (Wildman–Crippen LogP) is 1.52. The number of methoxy groups -OCH3 is 2. The van der Waals surface area contributed by atoms with E-state index in [1.54, 1.807) is 17.0 Å². The maximum Gasteiger partial charge on any atom is 0.322 e. The van der Waals surface area contributed by atoms with E-state index in [2.05, 4.69) is 20.4 Å². The Morgan fingerprint density at radius 3 is 2.89 bits per heavy atom. The molecule has 0 spiro atoms. The van der Waals surface area contributed by atoms with Gasteiger partial charge in [-0.3, -0.25) is 0 Å². The number of aryl methyl sites for hydroxylation is 1. The molecule has 2 amide bonds. The van der Waals surface area contributed by atoms with E-state index in [0.717, 1.165) is 0 Å².